The van der Waals surface area contributed by atoms with Crippen molar-refractivity contribution in [3.05, 3.63) is 64.7 Å². The lowest BCUT2D eigenvalue weighted by atomic mass is 10.1. The third-order valence-electron chi connectivity index (χ3n) is 4.39. The number of carbonyl (C=O) groups excluding carboxylic acids is 1. The number of amides is 2. The van der Waals surface area contributed by atoms with Gasteiger partial charge < -0.3 is 15.0 Å². The van der Waals surface area contributed by atoms with Gasteiger partial charge in [0.1, 0.15) is 5.75 Å². The molecule has 2 aromatic carbocycles. The highest BCUT2D eigenvalue weighted by molar-refractivity contribution is 5.74. The fraction of sp³-hybridized carbons (Fsp3) is 0.381. The molecule has 0 spiro atoms. The summed E-state index contributed by atoms with van der Waals surface area (Å²) in [4.78, 5) is 14.4. The van der Waals surface area contributed by atoms with Crippen molar-refractivity contribution < 1.29 is 9.53 Å². The third-order valence-corrected chi connectivity index (χ3v) is 4.39. The Bertz CT molecular complexity index is 711. The quantitative estimate of drug-likeness (QED) is 0.783. The van der Waals surface area contributed by atoms with Gasteiger partial charge in [-0.2, -0.15) is 0 Å². The molecule has 2 amide bonds. The maximum absolute atomic E-state index is 12.6. The number of benzene rings is 2. The number of nitrogens with one attached hydrogen (secondary N) is 1. The Balaban J connectivity index is 1.97. The van der Waals surface area contributed by atoms with Crippen LogP contribution in [-0.4, -0.2) is 23.7 Å². The average Bonchev–Trinajstić information content (AvgIpc) is 2.59. The van der Waals surface area contributed by atoms with Gasteiger partial charge in [-0.3, -0.25) is 0 Å². The molecule has 0 aromatic heterocycles. The van der Waals surface area contributed by atoms with E-state index in [4.69, 9.17) is 4.74 Å². The third kappa shape index (κ3) is 4.99. The largest absolute Gasteiger partial charge is 0.473 e. The molecule has 4 nitrogen and oxygen atoms in total. The molecular formula is C21H28N2O2. The van der Waals surface area contributed by atoms with E-state index in [1.54, 1.807) is 4.90 Å². The number of hydrogen-bond acceptors (Lipinski definition) is 2. The van der Waals surface area contributed by atoms with Gasteiger partial charge in [0.15, 0.2) is 6.73 Å². The van der Waals surface area contributed by atoms with E-state index >= 15 is 0 Å². The Morgan fingerprint density at radius 3 is 2.32 bits per heavy atom. The number of rotatable bonds is 6. The Kier molecular flexibility index (Phi) is 6.45. The summed E-state index contributed by atoms with van der Waals surface area (Å²) in [7, 11) is 0. The molecule has 134 valence electrons. The average molecular weight is 340 g/mol. The minimum atomic E-state index is -0.123. The second kappa shape index (κ2) is 8.56. The summed E-state index contributed by atoms with van der Waals surface area (Å²) >= 11 is 0. The first-order valence-corrected chi connectivity index (χ1v) is 8.68. The monoisotopic (exact) mass is 340 g/mol. The second-order valence-electron chi connectivity index (χ2n) is 6.63. The molecule has 0 aliphatic carbocycles. The minimum Gasteiger partial charge on any atom is -0.473 e. The lowest BCUT2D eigenvalue weighted by molar-refractivity contribution is 0.168. The number of ether oxygens (including phenoxy) is 1. The van der Waals surface area contributed by atoms with E-state index in [2.05, 4.69) is 18.3 Å². The molecule has 0 aliphatic heterocycles. The van der Waals surface area contributed by atoms with Crippen LogP contribution in [0.1, 0.15) is 36.1 Å². The Morgan fingerprint density at radius 1 is 1.04 bits per heavy atom. The molecule has 0 saturated carbocycles. The topological polar surface area (TPSA) is 41.6 Å². The van der Waals surface area contributed by atoms with Gasteiger partial charge in [-0.15, -0.1) is 0 Å². The number of urea groups is 1. The van der Waals surface area contributed by atoms with Crippen LogP contribution in [0.25, 0.3) is 0 Å². The predicted molar refractivity (Wildman–Crippen MR) is 102 cm³/mol. The van der Waals surface area contributed by atoms with E-state index < -0.39 is 0 Å². The summed E-state index contributed by atoms with van der Waals surface area (Å²) < 4.78 is 5.84. The minimum absolute atomic E-state index is 0.0997. The van der Waals surface area contributed by atoms with Crippen molar-refractivity contribution in [2.75, 3.05) is 6.73 Å². The highest BCUT2D eigenvalue weighted by Crippen LogP contribution is 2.25. The van der Waals surface area contributed by atoms with Crippen LogP contribution >= 0.6 is 0 Å². The first-order chi connectivity index (χ1) is 11.9. The summed E-state index contributed by atoms with van der Waals surface area (Å²) in [5.41, 5.74) is 4.47. The number of nitrogens with zero attached hydrogens (tertiary/aromatic N) is 1. The molecule has 0 heterocycles. The fourth-order valence-corrected chi connectivity index (χ4v) is 2.69. The van der Waals surface area contributed by atoms with Crippen molar-refractivity contribution >= 4 is 6.03 Å². The van der Waals surface area contributed by atoms with Gasteiger partial charge in [0.05, 0.1) is 0 Å². The lowest BCUT2D eigenvalue weighted by Gasteiger charge is -2.27. The second-order valence-corrected chi connectivity index (χ2v) is 6.63. The standard InChI is InChI=1S/C21H28N2O2/c1-15(2)23(13-19-9-7-6-8-10-19)21(24)22-14-25-20-17(4)12-11-16(3)18(20)5/h6-12,15H,13-14H2,1-5H3,(H,22,24). The first kappa shape index (κ1) is 18.8. The van der Waals surface area contributed by atoms with Crippen molar-refractivity contribution in [2.24, 2.45) is 0 Å². The zero-order valence-corrected chi connectivity index (χ0v) is 15.8. The molecule has 4 heteroatoms. The van der Waals surface area contributed by atoms with Crippen molar-refractivity contribution in [1.29, 1.82) is 0 Å². The van der Waals surface area contributed by atoms with Gasteiger partial charge in [-0.25, -0.2) is 4.79 Å². The Hall–Kier alpha value is -2.49. The number of aryl methyl sites for hydroxylation is 2. The summed E-state index contributed by atoms with van der Waals surface area (Å²) in [6.07, 6.45) is 0. The SMILES string of the molecule is Cc1ccc(C)c(OCNC(=O)N(Cc2ccccc2)C(C)C)c1C. The molecule has 0 aliphatic rings. The summed E-state index contributed by atoms with van der Waals surface area (Å²) in [6.45, 7) is 10.9. The van der Waals surface area contributed by atoms with Gasteiger partial charge >= 0.3 is 6.03 Å². The van der Waals surface area contributed by atoms with Crippen molar-refractivity contribution in [3.8, 4) is 5.75 Å². The maximum Gasteiger partial charge on any atom is 0.320 e. The molecule has 25 heavy (non-hydrogen) atoms. The normalized spacial score (nSPS) is 10.6. The summed E-state index contributed by atoms with van der Waals surface area (Å²) in [5, 5.41) is 2.87. The molecular weight excluding hydrogens is 312 g/mol. The van der Waals surface area contributed by atoms with Crippen LogP contribution in [0.5, 0.6) is 5.75 Å². The van der Waals surface area contributed by atoms with E-state index in [0.29, 0.717) is 6.54 Å². The summed E-state index contributed by atoms with van der Waals surface area (Å²) in [5.74, 6) is 0.847. The molecule has 0 radical (unpaired) electrons. The summed E-state index contributed by atoms with van der Waals surface area (Å²) in [6, 6.07) is 14.1. The molecule has 0 bridgehead atoms. The van der Waals surface area contributed by atoms with Crippen LogP contribution in [0.15, 0.2) is 42.5 Å². The maximum atomic E-state index is 12.6. The van der Waals surface area contributed by atoms with E-state index in [1.807, 2.05) is 64.1 Å². The molecule has 0 saturated heterocycles. The molecule has 2 rings (SSSR count). The van der Waals surface area contributed by atoms with Gasteiger partial charge in [-0.05, 0) is 56.9 Å². The van der Waals surface area contributed by atoms with E-state index in [9.17, 15) is 4.79 Å². The number of hydrogen-bond donors (Lipinski definition) is 1. The molecule has 0 fully saturated rings. The first-order valence-electron chi connectivity index (χ1n) is 8.68. The van der Waals surface area contributed by atoms with Crippen LogP contribution in [0.3, 0.4) is 0 Å². The van der Waals surface area contributed by atoms with Crippen LogP contribution in [0.4, 0.5) is 4.79 Å². The van der Waals surface area contributed by atoms with Gasteiger partial charge in [0.2, 0.25) is 0 Å². The van der Waals surface area contributed by atoms with Crippen LogP contribution in [0, 0.1) is 20.8 Å². The molecule has 0 atom stereocenters. The van der Waals surface area contributed by atoms with Gasteiger partial charge in [0, 0.05) is 12.6 Å². The molecule has 2 aromatic rings. The van der Waals surface area contributed by atoms with Crippen molar-refractivity contribution in [2.45, 2.75) is 47.2 Å². The van der Waals surface area contributed by atoms with E-state index in [1.165, 1.54) is 5.56 Å². The zero-order valence-electron chi connectivity index (χ0n) is 15.8. The predicted octanol–water partition coefficient (Wildman–Crippen LogP) is 4.57. The van der Waals surface area contributed by atoms with Gasteiger partial charge in [0.25, 0.3) is 0 Å². The Morgan fingerprint density at radius 2 is 1.68 bits per heavy atom. The highest BCUT2D eigenvalue weighted by Gasteiger charge is 2.17. The van der Waals surface area contributed by atoms with Crippen molar-refractivity contribution in [1.82, 2.24) is 10.2 Å². The van der Waals surface area contributed by atoms with Crippen LogP contribution in [-0.2, 0) is 6.54 Å². The van der Waals surface area contributed by atoms with Gasteiger partial charge in [-0.1, -0.05) is 42.5 Å². The molecule has 1 N–H and O–H groups in total. The smallest absolute Gasteiger partial charge is 0.320 e. The number of carbonyl (C=O) groups is 1. The fourth-order valence-electron chi connectivity index (χ4n) is 2.69. The van der Waals surface area contributed by atoms with Crippen LogP contribution in [0.2, 0.25) is 0 Å². The zero-order chi connectivity index (χ0) is 18.4. The lowest BCUT2D eigenvalue weighted by Crippen LogP contribution is -2.44. The highest BCUT2D eigenvalue weighted by atomic mass is 16.5. The van der Waals surface area contributed by atoms with Crippen LogP contribution < -0.4 is 10.1 Å². The van der Waals surface area contributed by atoms with Crippen molar-refractivity contribution in [3.63, 3.8) is 0 Å². The Labute approximate surface area is 150 Å². The van der Waals surface area contributed by atoms with E-state index in [-0.39, 0.29) is 18.8 Å². The molecule has 0 unspecified atom stereocenters. The van der Waals surface area contributed by atoms with E-state index in [0.717, 1.165) is 22.4 Å².